The molecular weight excluding hydrogens is 273 g/mol. The van der Waals surface area contributed by atoms with Crippen LogP contribution in [0.25, 0.3) is 0 Å². The highest BCUT2D eigenvalue weighted by Gasteiger charge is 2.31. The van der Waals surface area contributed by atoms with Gasteiger partial charge in [0.25, 0.3) is 0 Å². The highest BCUT2D eigenvalue weighted by atomic mass is 19.4. The van der Waals surface area contributed by atoms with E-state index in [2.05, 4.69) is 10.2 Å². The molecule has 0 spiro atoms. The Morgan fingerprint density at radius 3 is 2.15 bits per heavy atom. The van der Waals surface area contributed by atoms with Crippen molar-refractivity contribution in [2.24, 2.45) is 5.84 Å². The maximum atomic E-state index is 12.0. The zero-order valence-corrected chi connectivity index (χ0v) is 11.6. The molecule has 1 aromatic carbocycles. The van der Waals surface area contributed by atoms with Crippen LogP contribution in [-0.2, 0) is 11.2 Å². The molecule has 0 aliphatic carbocycles. The zero-order chi connectivity index (χ0) is 15.4. The third-order valence-corrected chi connectivity index (χ3v) is 3.16. The van der Waals surface area contributed by atoms with Crippen molar-refractivity contribution in [1.82, 2.24) is 5.43 Å². The van der Waals surface area contributed by atoms with Crippen LogP contribution in [0, 0.1) is 0 Å². The first-order valence-electron chi connectivity index (χ1n) is 6.04. The molecule has 0 fully saturated rings. The Morgan fingerprint density at radius 2 is 1.75 bits per heavy atom. The first-order valence-corrected chi connectivity index (χ1v) is 6.04. The largest absolute Gasteiger partial charge is 0.573 e. The van der Waals surface area contributed by atoms with Gasteiger partial charge in [-0.2, -0.15) is 0 Å². The van der Waals surface area contributed by atoms with Crippen LogP contribution in [0.5, 0.6) is 5.75 Å². The highest BCUT2D eigenvalue weighted by molar-refractivity contribution is 5.28. The number of hydrogen-bond donors (Lipinski definition) is 2. The molecule has 0 aromatic heterocycles. The van der Waals surface area contributed by atoms with Crippen LogP contribution in [0.2, 0.25) is 0 Å². The van der Waals surface area contributed by atoms with Crippen LogP contribution in [0.1, 0.15) is 19.4 Å². The quantitative estimate of drug-likeness (QED) is 0.624. The van der Waals surface area contributed by atoms with Crippen molar-refractivity contribution in [2.75, 3.05) is 7.11 Å². The molecule has 1 aromatic rings. The molecule has 3 N–H and O–H groups in total. The predicted molar refractivity (Wildman–Crippen MR) is 69.0 cm³/mol. The summed E-state index contributed by atoms with van der Waals surface area (Å²) in [5, 5.41) is 0. The number of nitrogens with two attached hydrogens (primary N) is 1. The minimum atomic E-state index is -4.68. The van der Waals surface area contributed by atoms with Crippen molar-refractivity contribution in [1.29, 1.82) is 0 Å². The number of nitrogens with one attached hydrogen (secondary N) is 1. The second-order valence-electron chi connectivity index (χ2n) is 4.92. The van der Waals surface area contributed by atoms with E-state index in [4.69, 9.17) is 10.6 Å². The van der Waals surface area contributed by atoms with Gasteiger partial charge in [-0.05, 0) is 38.0 Å². The Bertz CT molecular complexity index is 419. The Labute approximate surface area is 116 Å². The molecule has 1 atom stereocenters. The first kappa shape index (κ1) is 16.7. The van der Waals surface area contributed by atoms with Gasteiger partial charge >= 0.3 is 6.36 Å². The minimum absolute atomic E-state index is 0.179. The summed E-state index contributed by atoms with van der Waals surface area (Å²) in [4.78, 5) is 0. The summed E-state index contributed by atoms with van der Waals surface area (Å²) in [6.07, 6.45) is -4.16. The van der Waals surface area contributed by atoms with Crippen LogP contribution >= 0.6 is 0 Å². The topological polar surface area (TPSA) is 56.5 Å². The van der Waals surface area contributed by atoms with Gasteiger partial charge in [-0.25, -0.2) is 0 Å². The van der Waals surface area contributed by atoms with Gasteiger partial charge in [0, 0.05) is 7.11 Å². The number of halogens is 3. The fraction of sp³-hybridized carbons (Fsp3) is 0.538. The van der Waals surface area contributed by atoms with Crippen molar-refractivity contribution in [2.45, 2.75) is 38.3 Å². The standard InChI is InChI=1S/C13H19F3N2O2/c1-12(2,19-3)11(18-17)8-9-4-6-10(7-5-9)20-13(14,15)16/h4-7,11,18H,8,17H2,1-3H3. The molecule has 0 radical (unpaired) electrons. The van der Waals surface area contributed by atoms with Crippen LogP contribution in [-0.4, -0.2) is 25.1 Å². The van der Waals surface area contributed by atoms with E-state index in [1.54, 1.807) is 19.2 Å². The summed E-state index contributed by atoms with van der Waals surface area (Å²) in [7, 11) is 1.57. The van der Waals surface area contributed by atoms with Gasteiger partial charge in [0.1, 0.15) is 5.75 Å². The number of alkyl halides is 3. The van der Waals surface area contributed by atoms with E-state index in [9.17, 15) is 13.2 Å². The SMILES string of the molecule is COC(C)(C)C(Cc1ccc(OC(F)(F)F)cc1)NN. The number of methoxy groups -OCH3 is 1. The van der Waals surface area contributed by atoms with E-state index < -0.39 is 12.0 Å². The summed E-state index contributed by atoms with van der Waals surface area (Å²) in [5.41, 5.74) is 2.98. The number of ether oxygens (including phenoxy) is 2. The molecule has 20 heavy (non-hydrogen) atoms. The third kappa shape index (κ3) is 4.99. The molecule has 0 saturated carbocycles. The van der Waals surface area contributed by atoms with Crippen LogP contribution < -0.4 is 16.0 Å². The lowest BCUT2D eigenvalue weighted by Crippen LogP contribution is -2.52. The van der Waals surface area contributed by atoms with Gasteiger partial charge in [-0.3, -0.25) is 11.3 Å². The molecule has 0 aliphatic rings. The molecule has 0 heterocycles. The van der Waals surface area contributed by atoms with E-state index in [1.165, 1.54) is 12.1 Å². The molecule has 0 bridgehead atoms. The van der Waals surface area contributed by atoms with Gasteiger partial charge in [-0.15, -0.1) is 13.2 Å². The lowest BCUT2D eigenvalue weighted by molar-refractivity contribution is -0.274. The number of benzene rings is 1. The fourth-order valence-corrected chi connectivity index (χ4v) is 1.71. The van der Waals surface area contributed by atoms with Crippen LogP contribution in [0.3, 0.4) is 0 Å². The van der Waals surface area contributed by atoms with Crippen molar-refractivity contribution in [3.63, 3.8) is 0 Å². The summed E-state index contributed by atoms with van der Waals surface area (Å²) in [5.74, 6) is 5.25. The average Bonchev–Trinajstić information content (AvgIpc) is 2.35. The normalized spacial score (nSPS) is 14.2. The van der Waals surface area contributed by atoms with Crippen molar-refractivity contribution >= 4 is 0 Å². The van der Waals surface area contributed by atoms with Crippen molar-refractivity contribution < 1.29 is 22.6 Å². The second kappa shape index (κ2) is 6.43. The van der Waals surface area contributed by atoms with Crippen LogP contribution in [0.4, 0.5) is 13.2 Å². The predicted octanol–water partition coefficient (Wildman–Crippen LogP) is 2.38. The molecule has 4 nitrogen and oxygen atoms in total. The minimum Gasteiger partial charge on any atom is -0.406 e. The zero-order valence-electron chi connectivity index (χ0n) is 11.6. The van der Waals surface area contributed by atoms with Gasteiger partial charge < -0.3 is 9.47 Å². The van der Waals surface area contributed by atoms with Gasteiger partial charge in [0.2, 0.25) is 0 Å². The third-order valence-electron chi connectivity index (χ3n) is 3.16. The maximum Gasteiger partial charge on any atom is 0.573 e. The smallest absolute Gasteiger partial charge is 0.406 e. The Balaban J connectivity index is 2.74. The summed E-state index contributed by atoms with van der Waals surface area (Å²) in [6, 6.07) is 5.50. The van der Waals surface area contributed by atoms with E-state index in [-0.39, 0.29) is 11.8 Å². The molecule has 7 heteroatoms. The number of hydrazine groups is 1. The molecule has 1 rings (SSSR count). The highest BCUT2D eigenvalue weighted by Crippen LogP contribution is 2.24. The molecule has 0 aliphatic heterocycles. The molecule has 0 amide bonds. The maximum absolute atomic E-state index is 12.0. The number of hydrogen-bond acceptors (Lipinski definition) is 4. The van der Waals surface area contributed by atoms with E-state index in [1.807, 2.05) is 13.8 Å². The Hall–Kier alpha value is -1.31. The molecule has 0 saturated heterocycles. The van der Waals surface area contributed by atoms with Gasteiger partial charge in [0.15, 0.2) is 0 Å². The first-order chi connectivity index (χ1) is 9.18. The van der Waals surface area contributed by atoms with E-state index >= 15 is 0 Å². The van der Waals surface area contributed by atoms with Crippen molar-refractivity contribution in [3.05, 3.63) is 29.8 Å². The van der Waals surface area contributed by atoms with Gasteiger partial charge in [0.05, 0.1) is 11.6 Å². The summed E-state index contributed by atoms with van der Waals surface area (Å²) in [6.45, 7) is 3.75. The van der Waals surface area contributed by atoms with Gasteiger partial charge in [-0.1, -0.05) is 12.1 Å². The molecule has 114 valence electrons. The number of rotatable bonds is 6. The second-order valence-corrected chi connectivity index (χ2v) is 4.92. The molecular formula is C13H19F3N2O2. The summed E-state index contributed by atoms with van der Waals surface area (Å²) < 4.78 is 45.3. The van der Waals surface area contributed by atoms with Crippen molar-refractivity contribution in [3.8, 4) is 5.75 Å². The van der Waals surface area contributed by atoms with E-state index in [0.717, 1.165) is 5.56 Å². The lowest BCUT2D eigenvalue weighted by atomic mass is 9.93. The Morgan fingerprint density at radius 1 is 1.20 bits per heavy atom. The van der Waals surface area contributed by atoms with E-state index in [0.29, 0.717) is 6.42 Å². The Kier molecular flexibility index (Phi) is 5.38. The molecule has 1 unspecified atom stereocenters. The van der Waals surface area contributed by atoms with Crippen LogP contribution in [0.15, 0.2) is 24.3 Å². The average molecular weight is 292 g/mol. The fourth-order valence-electron chi connectivity index (χ4n) is 1.71. The monoisotopic (exact) mass is 292 g/mol. The summed E-state index contributed by atoms with van der Waals surface area (Å²) >= 11 is 0. The lowest BCUT2D eigenvalue weighted by Gasteiger charge is -2.32.